The summed E-state index contributed by atoms with van der Waals surface area (Å²) in [7, 11) is 0. The summed E-state index contributed by atoms with van der Waals surface area (Å²) in [5, 5.41) is 8.16. The number of carboxylic acids is 1. The van der Waals surface area contributed by atoms with Crippen LogP contribution >= 0.6 is 0 Å². The van der Waals surface area contributed by atoms with Gasteiger partial charge in [0.15, 0.2) is 0 Å². The minimum Gasteiger partial charge on any atom is -0.481 e. The molecular formula is C7H12CoO4. The molecule has 0 rings (SSSR count). The van der Waals surface area contributed by atoms with Crippen LogP contribution in [-0.2, 0) is 31.1 Å². The topological polar surface area (TPSA) is 63.6 Å². The van der Waals surface area contributed by atoms with Crippen molar-refractivity contribution >= 4 is 11.9 Å². The Hall–Kier alpha value is -0.554. The van der Waals surface area contributed by atoms with Gasteiger partial charge in [0.1, 0.15) is 6.61 Å². The third kappa shape index (κ3) is 9.45. The first-order valence-corrected chi connectivity index (χ1v) is 3.54. The Morgan fingerprint density at radius 1 is 1.33 bits per heavy atom. The van der Waals surface area contributed by atoms with Crippen LogP contribution in [0.3, 0.4) is 0 Å². The molecule has 12 heavy (non-hydrogen) atoms. The fourth-order valence-corrected chi connectivity index (χ4v) is 0.528. The summed E-state index contributed by atoms with van der Waals surface area (Å²) in [6.45, 7) is 1.84. The second-order valence-electron chi connectivity index (χ2n) is 2.11. The van der Waals surface area contributed by atoms with E-state index in [9.17, 15) is 9.59 Å². The average Bonchev–Trinajstić information content (AvgIpc) is 1.87. The Morgan fingerprint density at radius 2 is 1.92 bits per heavy atom. The average molecular weight is 219 g/mol. The number of esters is 1. The van der Waals surface area contributed by atoms with E-state index >= 15 is 0 Å². The van der Waals surface area contributed by atoms with Gasteiger partial charge >= 0.3 is 11.9 Å². The maximum Gasteiger partial charge on any atom is 0.306 e. The van der Waals surface area contributed by atoms with E-state index in [0.29, 0.717) is 6.42 Å². The molecular weight excluding hydrogens is 207 g/mol. The Kier molecular flexibility index (Phi) is 9.96. The number of hydrogen-bond donors (Lipinski definition) is 1. The van der Waals surface area contributed by atoms with E-state index in [4.69, 9.17) is 5.11 Å². The van der Waals surface area contributed by atoms with Gasteiger partial charge in [-0.3, -0.25) is 9.59 Å². The standard InChI is InChI=1S/C7H12O4.Co/c1-2-3-7(10)11-5-4-6(8)9;/h2-5H2,1H3,(H,8,9);. The quantitative estimate of drug-likeness (QED) is 0.694. The van der Waals surface area contributed by atoms with Crippen LogP contribution in [0, 0.1) is 0 Å². The van der Waals surface area contributed by atoms with Gasteiger partial charge in [-0.25, -0.2) is 0 Å². The van der Waals surface area contributed by atoms with Crippen molar-refractivity contribution in [2.75, 3.05) is 6.61 Å². The molecule has 5 heteroatoms. The summed E-state index contributed by atoms with van der Waals surface area (Å²) < 4.78 is 4.57. The van der Waals surface area contributed by atoms with Gasteiger partial charge in [0, 0.05) is 23.2 Å². The molecule has 0 saturated carbocycles. The van der Waals surface area contributed by atoms with E-state index in [1.54, 1.807) is 0 Å². The van der Waals surface area contributed by atoms with Gasteiger partial charge in [0.05, 0.1) is 6.42 Å². The van der Waals surface area contributed by atoms with Gasteiger partial charge in [-0.05, 0) is 6.42 Å². The number of aliphatic carboxylic acids is 1. The van der Waals surface area contributed by atoms with Crippen LogP contribution in [-0.4, -0.2) is 23.7 Å². The Bertz CT molecular complexity index is 146. The zero-order chi connectivity index (χ0) is 8.69. The number of ether oxygens (including phenoxy) is 1. The van der Waals surface area contributed by atoms with Gasteiger partial charge in [0.2, 0.25) is 0 Å². The molecule has 0 heterocycles. The molecule has 0 atom stereocenters. The SMILES string of the molecule is CCCC(=O)OCCC(=O)O.[Co]. The second-order valence-corrected chi connectivity index (χ2v) is 2.11. The molecule has 0 bridgehead atoms. The predicted molar refractivity (Wildman–Crippen MR) is 38.1 cm³/mol. The van der Waals surface area contributed by atoms with E-state index in [-0.39, 0.29) is 35.8 Å². The smallest absolute Gasteiger partial charge is 0.306 e. The summed E-state index contributed by atoms with van der Waals surface area (Å²) in [6, 6.07) is 0. The summed E-state index contributed by atoms with van der Waals surface area (Å²) in [5.74, 6) is -1.27. The van der Waals surface area contributed by atoms with Crippen LogP contribution < -0.4 is 0 Å². The number of rotatable bonds is 5. The van der Waals surface area contributed by atoms with E-state index in [1.807, 2.05) is 6.92 Å². The Labute approximate surface area is 81.5 Å². The summed E-state index contributed by atoms with van der Waals surface area (Å²) in [4.78, 5) is 20.6. The largest absolute Gasteiger partial charge is 0.481 e. The van der Waals surface area contributed by atoms with Crippen molar-refractivity contribution < 1.29 is 36.2 Å². The molecule has 73 valence electrons. The van der Waals surface area contributed by atoms with Crippen molar-refractivity contribution in [1.29, 1.82) is 0 Å². The van der Waals surface area contributed by atoms with Crippen LogP contribution in [0.2, 0.25) is 0 Å². The molecule has 1 radical (unpaired) electrons. The first kappa shape index (κ1) is 14.0. The first-order valence-electron chi connectivity index (χ1n) is 3.54. The van der Waals surface area contributed by atoms with Crippen LogP contribution in [0.25, 0.3) is 0 Å². The molecule has 0 saturated heterocycles. The maximum atomic E-state index is 10.6. The predicted octanol–water partition coefficient (Wildman–Crippen LogP) is 0.802. The molecule has 0 spiro atoms. The Balaban J connectivity index is 0. The number of carbonyl (C=O) groups is 2. The second kappa shape index (κ2) is 8.54. The van der Waals surface area contributed by atoms with E-state index in [1.165, 1.54) is 0 Å². The minimum atomic E-state index is -0.950. The van der Waals surface area contributed by atoms with Crippen molar-refractivity contribution in [1.82, 2.24) is 0 Å². The van der Waals surface area contributed by atoms with Crippen LogP contribution in [0.4, 0.5) is 0 Å². The van der Waals surface area contributed by atoms with Gasteiger partial charge in [-0.1, -0.05) is 6.92 Å². The van der Waals surface area contributed by atoms with Gasteiger partial charge in [-0.15, -0.1) is 0 Å². The summed E-state index contributed by atoms with van der Waals surface area (Å²) in [5.41, 5.74) is 0. The molecule has 0 aliphatic heterocycles. The molecule has 0 aliphatic carbocycles. The zero-order valence-electron chi connectivity index (χ0n) is 6.83. The fourth-order valence-electron chi connectivity index (χ4n) is 0.528. The third-order valence-electron chi connectivity index (χ3n) is 1.03. The molecule has 0 aromatic heterocycles. The van der Waals surface area contributed by atoms with Gasteiger partial charge in [-0.2, -0.15) is 0 Å². The Morgan fingerprint density at radius 3 is 2.33 bits per heavy atom. The van der Waals surface area contributed by atoms with Crippen molar-refractivity contribution in [2.45, 2.75) is 26.2 Å². The molecule has 0 fully saturated rings. The number of carboxylic acid groups (broad SMARTS) is 1. The van der Waals surface area contributed by atoms with E-state index in [2.05, 4.69) is 4.74 Å². The molecule has 0 aromatic rings. The monoisotopic (exact) mass is 219 g/mol. The third-order valence-corrected chi connectivity index (χ3v) is 1.03. The summed E-state index contributed by atoms with van der Waals surface area (Å²) in [6.07, 6.45) is 0.973. The normalized spacial score (nSPS) is 8.42. The van der Waals surface area contributed by atoms with Crippen molar-refractivity contribution in [3.63, 3.8) is 0 Å². The number of carbonyl (C=O) groups excluding carboxylic acids is 1. The zero-order valence-corrected chi connectivity index (χ0v) is 7.87. The van der Waals surface area contributed by atoms with Crippen LogP contribution in [0.1, 0.15) is 26.2 Å². The van der Waals surface area contributed by atoms with E-state index in [0.717, 1.165) is 6.42 Å². The van der Waals surface area contributed by atoms with E-state index < -0.39 is 5.97 Å². The molecule has 4 nitrogen and oxygen atoms in total. The van der Waals surface area contributed by atoms with Crippen LogP contribution in [0.15, 0.2) is 0 Å². The minimum absolute atomic E-state index is 0. The maximum absolute atomic E-state index is 10.6. The molecule has 0 unspecified atom stereocenters. The fraction of sp³-hybridized carbons (Fsp3) is 0.714. The molecule has 1 N–H and O–H groups in total. The van der Waals surface area contributed by atoms with Crippen molar-refractivity contribution in [3.05, 3.63) is 0 Å². The van der Waals surface area contributed by atoms with Gasteiger partial charge < -0.3 is 9.84 Å². The first-order chi connectivity index (χ1) is 5.16. The molecule has 0 aromatic carbocycles. The summed E-state index contributed by atoms with van der Waals surface area (Å²) >= 11 is 0. The van der Waals surface area contributed by atoms with Crippen molar-refractivity contribution in [3.8, 4) is 0 Å². The van der Waals surface area contributed by atoms with Crippen LogP contribution in [0.5, 0.6) is 0 Å². The molecule has 0 aliphatic rings. The van der Waals surface area contributed by atoms with Gasteiger partial charge in [0.25, 0.3) is 0 Å². The number of hydrogen-bond acceptors (Lipinski definition) is 3. The molecule has 0 amide bonds. The van der Waals surface area contributed by atoms with Crippen molar-refractivity contribution in [2.24, 2.45) is 0 Å².